The third kappa shape index (κ3) is 3.70. The van der Waals surface area contributed by atoms with Crippen LogP contribution in [0.4, 0.5) is 11.6 Å². The second kappa shape index (κ2) is 6.82. The number of pyridine rings is 1. The van der Waals surface area contributed by atoms with Crippen LogP contribution in [0.25, 0.3) is 0 Å². The molecule has 0 bridgehead atoms. The van der Waals surface area contributed by atoms with Crippen LogP contribution in [0, 0.1) is 10.1 Å². The van der Waals surface area contributed by atoms with Gasteiger partial charge in [0.15, 0.2) is 16.6 Å². The first kappa shape index (κ1) is 17.0. The Balaban J connectivity index is 2.13. The zero-order chi connectivity index (χ0) is 17.1. The predicted octanol–water partition coefficient (Wildman–Crippen LogP) is 2.89. The van der Waals surface area contributed by atoms with Crippen LogP contribution in [0.1, 0.15) is 16.2 Å². The Bertz CT molecular complexity index is 820. The minimum absolute atomic E-state index is 0.0599. The van der Waals surface area contributed by atoms with Crippen LogP contribution in [0.15, 0.2) is 21.7 Å². The maximum absolute atomic E-state index is 11.9. The summed E-state index contributed by atoms with van der Waals surface area (Å²) in [6, 6.07) is 2.44. The molecule has 2 rings (SSSR count). The lowest BCUT2D eigenvalue weighted by atomic mass is 10.3. The van der Waals surface area contributed by atoms with Gasteiger partial charge in [0.25, 0.3) is 5.91 Å². The van der Waals surface area contributed by atoms with Crippen LogP contribution >= 0.6 is 34.8 Å². The summed E-state index contributed by atoms with van der Waals surface area (Å²) in [5.41, 5.74) is 7.31. The number of amides is 1. The average Bonchev–Trinajstić information content (AvgIpc) is 2.97. The van der Waals surface area contributed by atoms with E-state index in [0.717, 1.165) is 12.3 Å². The zero-order valence-electron chi connectivity index (χ0n) is 10.9. The molecule has 0 fully saturated rings. The first-order chi connectivity index (χ1) is 10.8. The second-order valence-electron chi connectivity index (χ2n) is 3.93. The molecule has 0 saturated carbocycles. The lowest BCUT2D eigenvalue weighted by Crippen LogP contribution is -2.20. The SMILES string of the molecule is Nc1c(Cl)c(Cl)nc(C(=O)N/N=C/c2ccc([N+](=O)[O-])o2)c1Cl. The van der Waals surface area contributed by atoms with Crippen molar-refractivity contribution in [1.82, 2.24) is 10.4 Å². The minimum atomic E-state index is -0.808. The third-order valence-corrected chi connectivity index (χ3v) is 3.57. The number of carbonyl (C=O) groups is 1. The van der Waals surface area contributed by atoms with Gasteiger partial charge >= 0.3 is 5.88 Å². The van der Waals surface area contributed by atoms with Crippen molar-refractivity contribution in [1.29, 1.82) is 0 Å². The molecule has 12 heteroatoms. The van der Waals surface area contributed by atoms with Gasteiger partial charge in [0.1, 0.15) is 9.95 Å². The highest BCUT2D eigenvalue weighted by atomic mass is 35.5. The van der Waals surface area contributed by atoms with Crippen molar-refractivity contribution in [3.05, 3.63) is 48.9 Å². The fourth-order valence-electron chi connectivity index (χ4n) is 1.40. The number of nitrogens with zero attached hydrogens (tertiary/aromatic N) is 3. The normalized spacial score (nSPS) is 10.9. The highest BCUT2D eigenvalue weighted by Crippen LogP contribution is 2.34. The fourth-order valence-corrected chi connectivity index (χ4v) is 1.99. The first-order valence-electron chi connectivity index (χ1n) is 5.69. The number of anilines is 1. The molecule has 0 aliphatic rings. The van der Waals surface area contributed by atoms with Crippen molar-refractivity contribution in [3.8, 4) is 0 Å². The summed E-state index contributed by atoms with van der Waals surface area (Å²) < 4.78 is 4.81. The molecule has 2 aromatic heterocycles. The highest BCUT2D eigenvalue weighted by molar-refractivity contribution is 6.46. The molecule has 0 atom stereocenters. The molecule has 2 aromatic rings. The van der Waals surface area contributed by atoms with E-state index in [4.69, 9.17) is 45.0 Å². The number of nitrogen functional groups attached to an aromatic ring is 1. The van der Waals surface area contributed by atoms with Crippen LogP contribution in [0.3, 0.4) is 0 Å². The zero-order valence-corrected chi connectivity index (χ0v) is 13.2. The first-order valence-corrected chi connectivity index (χ1v) is 6.82. The number of nitrogens with one attached hydrogen (secondary N) is 1. The Kier molecular flexibility index (Phi) is 5.04. The van der Waals surface area contributed by atoms with Gasteiger partial charge in [-0.05, 0) is 6.07 Å². The Morgan fingerprint density at radius 1 is 1.39 bits per heavy atom. The summed E-state index contributed by atoms with van der Waals surface area (Å²) in [5, 5.41) is 13.6. The summed E-state index contributed by atoms with van der Waals surface area (Å²) in [4.78, 5) is 25.4. The molecule has 1 amide bonds. The number of hydrogen-bond donors (Lipinski definition) is 2. The van der Waals surface area contributed by atoms with E-state index >= 15 is 0 Å². The smallest absolute Gasteiger partial charge is 0.400 e. The van der Waals surface area contributed by atoms with Crippen molar-refractivity contribution >= 4 is 58.5 Å². The van der Waals surface area contributed by atoms with E-state index in [-0.39, 0.29) is 32.3 Å². The number of halogens is 3. The summed E-state index contributed by atoms with van der Waals surface area (Å²) in [6.45, 7) is 0. The topological polar surface area (TPSA) is 137 Å². The Hall–Kier alpha value is -2.36. The van der Waals surface area contributed by atoms with Crippen molar-refractivity contribution in [2.75, 3.05) is 5.73 Å². The molecular formula is C11H6Cl3N5O4. The number of aromatic nitrogens is 1. The van der Waals surface area contributed by atoms with Crippen molar-refractivity contribution in [3.63, 3.8) is 0 Å². The molecule has 0 aliphatic carbocycles. The van der Waals surface area contributed by atoms with E-state index in [0.29, 0.717) is 0 Å². The monoisotopic (exact) mass is 377 g/mol. The van der Waals surface area contributed by atoms with E-state index in [1.807, 2.05) is 0 Å². The van der Waals surface area contributed by atoms with Crippen molar-refractivity contribution < 1.29 is 14.1 Å². The summed E-state index contributed by atoms with van der Waals surface area (Å²) in [7, 11) is 0. The molecule has 120 valence electrons. The molecule has 0 saturated heterocycles. The number of furan rings is 1. The highest BCUT2D eigenvalue weighted by Gasteiger charge is 2.19. The largest absolute Gasteiger partial charge is 0.433 e. The van der Waals surface area contributed by atoms with Crippen LogP contribution < -0.4 is 11.2 Å². The number of hydrazone groups is 1. The molecule has 3 N–H and O–H groups in total. The maximum atomic E-state index is 11.9. The van der Waals surface area contributed by atoms with Crippen LogP contribution in [0.5, 0.6) is 0 Å². The lowest BCUT2D eigenvalue weighted by Gasteiger charge is -2.07. The van der Waals surface area contributed by atoms with E-state index in [2.05, 4.69) is 15.5 Å². The molecular weight excluding hydrogens is 373 g/mol. The number of hydrogen-bond acceptors (Lipinski definition) is 7. The van der Waals surface area contributed by atoms with Gasteiger partial charge in [-0.25, -0.2) is 10.4 Å². The maximum Gasteiger partial charge on any atom is 0.433 e. The van der Waals surface area contributed by atoms with Crippen molar-refractivity contribution in [2.24, 2.45) is 5.10 Å². The average molecular weight is 379 g/mol. The van der Waals surface area contributed by atoms with E-state index < -0.39 is 16.7 Å². The fraction of sp³-hybridized carbons (Fsp3) is 0. The summed E-state index contributed by atoms with van der Waals surface area (Å²) in [5.74, 6) is -1.21. The molecule has 0 unspecified atom stereocenters. The summed E-state index contributed by atoms with van der Waals surface area (Å²) in [6.07, 6.45) is 1.06. The molecule has 23 heavy (non-hydrogen) atoms. The van der Waals surface area contributed by atoms with Crippen LogP contribution in [-0.4, -0.2) is 22.0 Å². The van der Waals surface area contributed by atoms with Gasteiger partial charge in [-0.3, -0.25) is 14.9 Å². The number of rotatable bonds is 4. The Morgan fingerprint density at radius 3 is 2.70 bits per heavy atom. The van der Waals surface area contributed by atoms with Crippen LogP contribution in [0.2, 0.25) is 15.2 Å². The number of nitrogens with two attached hydrogens (primary N) is 1. The molecule has 0 aliphatic heterocycles. The molecule has 9 nitrogen and oxygen atoms in total. The molecule has 2 heterocycles. The van der Waals surface area contributed by atoms with E-state index in [1.54, 1.807) is 0 Å². The van der Waals surface area contributed by atoms with Crippen LogP contribution in [-0.2, 0) is 0 Å². The number of nitro groups is 1. The predicted molar refractivity (Wildman–Crippen MR) is 84.1 cm³/mol. The van der Waals surface area contributed by atoms with Gasteiger partial charge in [-0.2, -0.15) is 5.10 Å². The van der Waals surface area contributed by atoms with Gasteiger partial charge in [0.05, 0.1) is 23.0 Å². The van der Waals surface area contributed by atoms with E-state index in [9.17, 15) is 14.9 Å². The van der Waals surface area contributed by atoms with Gasteiger partial charge in [0, 0.05) is 0 Å². The van der Waals surface area contributed by atoms with Crippen molar-refractivity contribution in [2.45, 2.75) is 0 Å². The van der Waals surface area contributed by atoms with E-state index in [1.165, 1.54) is 6.07 Å². The Morgan fingerprint density at radius 2 is 2.09 bits per heavy atom. The standard InChI is InChI=1S/C11H6Cl3N5O4/c12-6-8(15)7(13)10(14)17-9(6)11(20)18-16-3-4-1-2-5(23-4)19(21)22/h1-3H,(H2,15,17)(H,18,20)/b16-3+. The van der Waals surface area contributed by atoms with Gasteiger partial charge in [-0.1, -0.05) is 34.8 Å². The number of carbonyl (C=O) groups excluding carboxylic acids is 1. The molecule has 0 radical (unpaired) electrons. The third-order valence-electron chi connectivity index (χ3n) is 2.44. The summed E-state index contributed by atoms with van der Waals surface area (Å²) >= 11 is 17.3. The van der Waals surface area contributed by atoms with Gasteiger partial charge < -0.3 is 10.2 Å². The van der Waals surface area contributed by atoms with Gasteiger partial charge in [-0.15, -0.1) is 0 Å². The lowest BCUT2D eigenvalue weighted by molar-refractivity contribution is -0.402. The second-order valence-corrected chi connectivity index (χ2v) is 5.04. The quantitative estimate of drug-likeness (QED) is 0.363. The van der Waals surface area contributed by atoms with Gasteiger partial charge in [0.2, 0.25) is 0 Å². The molecule has 0 spiro atoms. The minimum Gasteiger partial charge on any atom is -0.400 e. The Labute approximate surface area is 143 Å². The molecule has 0 aromatic carbocycles.